The lowest BCUT2D eigenvalue weighted by Crippen LogP contribution is -2.09. The molecule has 2 nitrogen and oxygen atoms in total. The topological polar surface area (TPSA) is 8.17 Å². The molecule has 0 aliphatic rings. The number of hydrogen-bond donors (Lipinski definition) is 0. The van der Waals surface area contributed by atoms with Crippen LogP contribution in [0.3, 0.4) is 0 Å². The van der Waals surface area contributed by atoms with Gasteiger partial charge in [0.25, 0.3) is 0 Å². The van der Waals surface area contributed by atoms with Crippen molar-refractivity contribution in [1.29, 1.82) is 0 Å². The van der Waals surface area contributed by atoms with E-state index in [1.54, 1.807) is 0 Å². The molecule has 1 heterocycles. The van der Waals surface area contributed by atoms with E-state index in [-0.39, 0.29) is 0 Å². The predicted molar refractivity (Wildman–Crippen MR) is 166 cm³/mol. The van der Waals surface area contributed by atoms with Crippen molar-refractivity contribution in [3.63, 3.8) is 0 Å². The fourth-order valence-corrected chi connectivity index (χ4v) is 5.55. The van der Waals surface area contributed by atoms with Gasteiger partial charge in [0.15, 0.2) is 0 Å². The minimum Gasteiger partial charge on any atom is -0.311 e. The Hall–Kier alpha value is -5.02. The lowest BCUT2D eigenvalue weighted by molar-refractivity contribution is 1.18. The van der Waals surface area contributed by atoms with Gasteiger partial charge in [0.05, 0.1) is 11.0 Å². The van der Waals surface area contributed by atoms with Crippen LogP contribution in [0.1, 0.15) is 0 Å². The van der Waals surface area contributed by atoms with Crippen molar-refractivity contribution in [2.24, 2.45) is 0 Å². The van der Waals surface area contributed by atoms with Crippen LogP contribution in [0.4, 0.5) is 17.1 Å². The van der Waals surface area contributed by atoms with Gasteiger partial charge in [-0.2, -0.15) is 0 Å². The average molecular weight is 496 g/mol. The molecule has 0 unspecified atom stereocenters. The second-order valence-electron chi connectivity index (χ2n) is 9.70. The molecular weight excluding hydrogens is 471 g/mol. The zero-order chi connectivity index (χ0) is 26.2. The summed E-state index contributed by atoms with van der Waals surface area (Å²) in [6, 6.07) is 53.1. The van der Waals surface area contributed by atoms with Crippen LogP contribution in [0.2, 0.25) is 0 Å². The number of para-hydroxylation sites is 3. The summed E-state index contributed by atoms with van der Waals surface area (Å²) in [6.45, 7) is 0. The Labute approximate surface area is 229 Å². The van der Waals surface area contributed by atoms with Crippen molar-refractivity contribution in [2.75, 3.05) is 4.90 Å². The Balaban J connectivity index is 1.31. The summed E-state index contributed by atoms with van der Waals surface area (Å²) in [5.41, 5.74) is 9.89. The molecule has 39 heavy (non-hydrogen) atoms. The lowest BCUT2D eigenvalue weighted by atomic mass is 9.91. The molecule has 0 atom stereocenters. The Bertz CT molecular complexity index is 1870. The largest absolute Gasteiger partial charge is 0.311 e. The smallest absolute Gasteiger partial charge is 0.114 e. The molecule has 2 radical (unpaired) electrons. The highest BCUT2D eigenvalue weighted by atomic mass is 15.1. The summed E-state index contributed by atoms with van der Waals surface area (Å²) < 4.78 is 2.31. The van der Waals surface area contributed by atoms with E-state index in [9.17, 15) is 0 Å². The normalized spacial score (nSPS) is 11.2. The molecule has 0 fully saturated rings. The number of nitrogens with zero attached hydrogens (tertiary/aromatic N) is 2. The Kier molecular flexibility index (Phi) is 5.75. The molecule has 0 saturated carbocycles. The predicted octanol–water partition coefficient (Wildman–Crippen LogP) is 8.71. The molecule has 182 valence electrons. The first-order valence-electron chi connectivity index (χ1n) is 13.2. The fourth-order valence-electron chi connectivity index (χ4n) is 5.55. The molecular formula is C36H25BN2. The molecule has 7 rings (SSSR count). The second kappa shape index (κ2) is 9.70. The zero-order valence-corrected chi connectivity index (χ0v) is 21.4. The summed E-state index contributed by atoms with van der Waals surface area (Å²) in [6.07, 6.45) is 0. The van der Waals surface area contributed by atoms with Gasteiger partial charge in [0.2, 0.25) is 0 Å². The average Bonchev–Trinajstić information content (AvgIpc) is 3.34. The third-order valence-corrected chi connectivity index (χ3v) is 7.32. The number of rotatable bonds is 5. The maximum Gasteiger partial charge on any atom is 0.114 e. The molecule has 6 aromatic carbocycles. The van der Waals surface area contributed by atoms with E-state index >= 15 is 0 Å². The Morgan fingerprint density at radius 2 is 1.05 bits per heavy atom. The third kappa shape index (κ3) is 4.09. The first-order chi connectivity index (χ1) is 19.3. The highest BCUT2D eigenvalue weighted by Crippen LogP contribution is 2.36. The Morgan fingerprint density at radius 3 is 1.77 bits per heavy atom. The standard InChI is InChI=1S/C36H25BN2/c37-33-18-10-20-35-36(33)32-17-7-8-19-34(32)39(35)31-16-9-11-27(25-31)26-21-23-30(24-22-26)38(28-12-3-1-4-13-28)29-14-5-2-6-15-29/h1-25H. The van der Waals surface area contributed by atoms with Crippen LogP contribution in [-0.2, 0) is 0 Å². The number of fused-ring (bicyclic) bond motifs is 3. The van der Waals surface area contributed by atoms with Crippen LogP contribution >= 0.6 is 0 Å². The maximum absolute atomic E-state index is 6.44. The molecule has 0 N–H and O–H groups in total. The summed E-state index contributed by atoms with van der Waals surface area (Å²) in [5.74, 6) is 0. The number of aromatic nitrogens is 1. The minimum atomic E-state index is 0.801. The maximum atomic E-state index is 6.44. The van der Waals surface area contributed by atoms with Crippen LogP contribution in [0, 0.1) is 0 Å². The van der Waals surface area contributed by atoms with Crippen LogP contribution in [0.15, 0.2) is 152 Å². The van der Waals surface area contributed by atoms with Crippen molar-refractivity contribution < 1.29 is 0 Å². The highest BCUT2D eigenvalue weighted by molar-refractivity contribution is 6.41. The van der Waals surface area contributed by atoms with E-state index in [4.69, 9.17) is 7.85 Å². The molecule has 0 bridgehead atoms. The molecule has 0 aliphatic carbocycles. The monoisotopic (exact) mass is 496 g/mol. The van der Waals surface area contributed by atoms with Crippen molar-refractivity contribution in [2.45, 2.75) is 0 Å². The van der Waals surface area contributed by atoms with Crippen LogP contribution in [0.5, 0.6) is 0 Å². The molecule has 1 aromatic heterocycles. The molecule has 0 amide bonds. The second-order valence-corrected chi connectivity index (χ2v) is 9.70. The van der Waals surface area contributed by atoms with Gasteiger partial charge < -0.3 is 9.47 Å². The number of benzene rings is 6. The van der Waals surface area contributed by atoms with Gasteiger partial charge in [-0.05, 0) is 71.8 Å². The summed E-state index contributed by atoms with van der Waals surface area (Å²) in [5, 5.41) is 2.27. The summed E-state index contributed by atoms with van der Waals surface area (Å²) in [4.78, 5) is 2.28. The fraction of sp³-hybridized carbons (Fsp3) is 0. The van der Waals surface area contributed by atoms with E-state index in [0.717, 1.165) is 44.6 Å². The van der Waals surface area contributed by atoms with Crippen LogP contribution in [-0.4, -0.2) is 12.4 Å². The minimum absolute atomic E-state index is 0.801. The van der Waals surface area contributed by atoms with Gasteiger partial charge in [-0.1, -0.05) is 96.5 Å². The van der Waals surface area contributed by atoms with Gasteiger partial charge in [-0.25, -0.2) is 0 Å². The third-order valence-electron chi connectivity index (χ3n) is 7.32. The van der Waals surface area contributed by atoms with Crippen LogP contribution < -0.4 is 10.4 Å². The summed E-state index contributed by atoms with van der Waals surface area (Å²) in [7, 11) is 6.44. The molecule has 0 aliphatic heterocycles. The van der Waals surface area contributed by atoms with E-state index in [2.05, 4.69) is 137 Å². The van der Waals surface area contributed by atoms with Gasteiger partial charge in [-0.3, -0.25) is 0 Å². The number of anilines is 3. The van der Waals surface area contributed by atoms with Crippen molar-refractivity contribution in [1.82, 2.24) is 4.57 Å². The van der Waals surface area contributed by atoms with Gasteiger partial charge in [-0.15, -0.1) is 0 Å². The van der Waals surface area contributed by atoms with Crippen LogP contribution in [0.25, 0.3) is 38.6 Å². The SMILES string of the molecule is [B]c1cccc2c1c1ccccc1n2-c1cccc(-c2ccc(N(c3ccccc3)c3ccccc3)cc2)c1. The van der Waals surface area contributed by atoms with Crippen molar-refractivity contribution >= 4 is 52.2 Å². The molecule has 0 spiro atoms. The van der Waals surface area contributed by atoms with E-state index in [1.165, 1.54) is 16.5 Å². The molecule has 7 aromatic rings. The molecule has 0 saturated heterocycles. The number of hydrogen-bond acceptors (Lipinski definition) is 1. The van der Waals surface area contributed by atoms with E-state index < -0.39 is 0 Å². The summed E-state index contributed by atoms with van der Waals surface area (Å²) >= 11 is 0. The Morgan fingerprint density at radius 1 is 0.462 bits per heavy atom. The lowest BCUT2D eigenvalue weighted by Gasteiger charge is -2.25. The van der Waals surface area contributed by atoms with Gasteiger partial charge in [0.1, 0.15) is 7.85 Å². The van der Waals surface area contributed by atoms with E-state index in [0.29, 0.717) is 0 Å². The van der Waals surface area contributed by atoms with Gasteiger partial charge >= 0.3 is 0 Å². The highest BCUT2D eigenvalue weighted by Gasteiger charge is 2.15. The van der Waals surface area contributed by atoms with E-state index in [1.807, 2.05) is 24.3 Å². The first kappa shape index (κ1) is 23.1. The zero-order valence-electron chi connectivity index (χ0n) is 21.4. The first-order valence-corrected chi connectivity index (χ1v) is 13.2. The molecule has 3 heteroatoms. The van der Waals surface area contributed by atoms with Gasteiger partial charge in [0, 0.05) is 33.5 Å². The quantitative estimate of drug-likeness (QED) is 0.216. The van der Waals surface area contributed by atoms with Crippen molar-refractivity contribution in [3.05, 3.63) is 152 Å². The van der Waals surface area contributed by atoms with Crippen molar-refractivity contribution in [3.8, 4) is 16.8 Å².